The normalized spacial score (nSPS) is 10.3. The first-order chi connectivity index (χ1) is 8.09. The molecule has 0 heterocycles. The Morgan fingerprint density at radius 1 is 1.12 bits per heavy atom. The van der Waals surface area contributed by atoms with Crippen molar-refractivity contribution in [2.24, 2.45) is 0 Å². The second-order valence-corrected chi connectivity index (χ2v) is 5.24. The van der Waals surface area contributed by atoms with Crippen LogP contribution in [-0.4, -0.2) is 0 Å². The quantitative estimate of drug-likeness (QED) is 0.657. The molecule has 0 spiro atoms. The van der Waals surface area contributed by atoms with Gasteiger partial charge in [0.2, 0.25) is 0 Å². The zero-order valence-corrected chi connectivity index (χ0v) is 11.8. The monoisotopic (exact) mass is 306 g/mol. The summed E-state index contributed by atoms with van der Waals surface area (Å²) in [5.41, 5.74) is 4.52. The first-order valence-electron chi connectivity index (χ1n) is 5.30. The van der Waals surface area contributed by atoms with Crippen molar-refractivity contribution in [3.05, 3.63) is 64.1 Å². The maximum atomic E-state index is 5.96. The molecular formula is C15H12BrCl. The van der Waals surface area contributed by atoms with Crippen LogP contribution < -0.4 is 0 Å². The summed E-state index contributed by atoms with van der Waals surface area (Å²) < 4.78 is 0.999. The van der Waals surface area contributed by atoms with E-state index in [2.05, 4.69) is 34.6 Å². The SMILES string of the molecule is C=C(C)c1ccccc1-c1ccc(Cl)cc1Br. The van der Waals surface area contributed by atoms with Gasteiger partial charge in [0.25, 0.3) is 0 Å². The van der Waals surface area contributed by atoms with Crippen molar-refractivity contribution in [1.29, 1.82) is 0 Å². The van der Waals surface area contributed by atoms with Crippen molar-refractivity contribution in [1.82, 2.24) is 0 Å². The number of hydrogen-bond donors (Lipinski definition) is 0. The Morgan fingerprint density at radius 3 is 2.47 bits per heavy atom. The topological polar surface area (TPSA) is 0 Å². The van der Waals surface area contributed by atoms with Crippen LogP contribution in [0.2, 0.25) is 5.02 Å². The van der Waals surface area contributed by atoms with Gasteiger partial charge in [0, 0.05) is 9.50 Å². The molecule has 86 valence electrons. The van der Waals surface area contributed by atoms with Crippen molar-refractivity contribution in [2.75, 3.05) is 0 Å². The van der Waals surface area contributed by atoms with E-state index in [0.717, 1.165) is 26.2 Å². The Bertz CT molecular complexity index is 573. The van der Waals surface area contributed by atoms with Gasteiger partial charge in [-0.1, -0.05) is 70.0 Å². The van der Waals surface area contributed by atoms with E-state index in [1.54, 1.807) is 0 Å². The minimum absolute atomic E-state index is 0.730. The predicted octanol–water partition coefficient (Wildman–Crippen LogP) is 5.80. The van der Waals surface area contributed by atoms with Gasteiger partial charge < -0.3 is 0 Å². The Kier molecular flexibility index (Phi) is 3.70. The smallest absolute Gasteiger partial charge is 0.0417 e. The van der Waals surface area contributed by atoms with Crippen LogP contribution in [0.4, 0.5) is 0 Å². The van der Waals surface area contributed by atoms with E-state index in [0.29, 0.717) is 0 Å². The molecule has 0 aliphatic rings. The summed E-state index contributed by atoms with van der Waals surface area (Å²) in [7, 11) is 0. The zero-order valence-electron chi connectivity index (χ0n) is 9.50. The van der Waals surface area contributed by atoms with Crippen molar-refractivity contribution in [2.45, 2.75) is 6.92 Å². The fraction of sp³-hybridized carbons (Fsp3) is 0.0667. The lowest BCUT2D eigenvalue weighted by molar-refractivity contribution is 1.53. The number of rotatable bonds is 2. The van der Waals surface area contributed by atoms with Crippen LogP contribution in [-0.2, 0) is 0 Å². The molecule has 2 aromatic rings. The summed E-state index contributed by atoms with van der Waals surface area (Å²) in [6.07, 6.45) is 0. The van der Waals surface area contributed by atoms with Gasteiger partial charge in [-0.05, 0) is 35.7 Å². The first kappa shape index (κ1) is 12.4. The second-order valence-electron chi connectivity index (χ2n) is 3.95. The van der Waals surface area contributed by atoms with Gasteiger partial charge in [-0.15, -0.1) is 0 Å². The molecule has 0 nitrogen and oxygen atoms in total. The van der Waals surface area contributed by atoms with Crippen LogP contribution in [0.5, 0.6) is 0 Å². The van der Waals surface area contributed by atoms with Gasteiger partial charge >= 0.3 is 0 Å². The number of allylic oxidation sites excluding steroid dienone is 1. The summed E-state index contributed by atoms with van der Waals surface area (Å²) in [5.74, 6) is 0. The lowest BCUT2D eigenvalue weighted by Gasteiger charge is -2.11. The fourth-order valence-corrected chi connectivity index (χ4v) is 2.69. The molecule has 0 N–H and O–H groups in total. The molecule has 0 aromatic heterocycles. The zero-order chi connectivity index (χ0) is 12.4. The lowest BCUT2D eigenvalue weighted by atomic mass is 9.96. The minimum atomic E-state index is 0.730. The van der Waals surface area contributed by atoms with Crippen LogP contribution in [0.25, 0.3) is 16.7 Å². The van der Waals surface area contributed by atoms with Crippen LogP contribution >= 0.6 is 27.5 Å². The highest BCUT2D eigenvalue weighted by atomic mass is 79.9. The van der Waals surface area contributed by atoms with E-state index in [1.165, 1.54) is 5.56 Å². The number of hydrogen-bond acceptors (Lipinski definition) is 0. The molecule has 0 aliphatic carbocycles. The molecule has 0 radical (unpaired) electrons. The molecule has 2 rings (SSSR count). The third-order valence-electron chi connectivity index (χ3n) is 2.61. The number of benzene rings is 2. The van der Waals surface area contributed by atoms with Crippen molar-refractivity contribution in [3.8, 4) is 11.1 Å². The van der Waals surface area contributed by atoms with Gasteiger partial charge in [-0.2, -0.15) is 0 Å². The minimum Gasteiger partial charge on any atom is -0.0955 e. The average Bonchev–Trinajstić information content (AvgIpc) is 2.29. The maximum Gasteiger partial charge on any atom is 0.0417 e. The van der Waals surface area contributed by atoms with Gasteiger partial charge in [0.15, 0.2) is 0 Å². The largest absolute Gasteiger partial charge is 0.0955 e. The molecule has 17 heavy (non-hydrogen) atoms. The molecule has 0 amide bonds. The third kappa shape index (κ3) is 2.62. The Labute approximate surface area is 115 Å². The van der Waals surface area contributed by atoms with Gasteiger partial charge in [0.05, 0.1) is 0 Å². The summed E-state index contributed by atoms with van der Waals surface area (Å²) in [6.45, 7) is 6.03. The Hall–Kier alpha value is -1.05. The van der Waals surface area contributed by atoms with E-state index in [1.807, 2.05) is 37.3 Å². The van der Waals surface area contributed by atoms with Gasteiger partial charge in [-0.25, -0.2) is 0 Å². The van der Waals surface area contributed by atoms with Crippen molar-refractivity contribution in [3.63, 3.8) is 0 Å². The standard InChI is InChI=1S/C15H12BrCl/c1-10(2)12-5-3-4-6-13(12)14-8-7-11(17)9-15(14)16/h3-9H,1H2,2H3. The third-order valence-corrected chi connectivity index (χ3v) is 3.50. The average molecular weight is 308 g/mol. The molecular weight excluding hydrogens is 296 g/mol. The van der Waals surface area contributed by atoms with E-state index >= 15 is 0 Å². The fourth-order valence-electron chi connectivity index (χ4n) is 1.80. The highest BCUT2D eigenvalue weighted by Crippen LogP contribution is 2.34. The molecule has 0 atom stereocenters. The maximum absolute atomic E-state index is 5.96. The summed E-state index contributed by atoms with van der Waals surface area (Å²) in [5, 5.41) is 0.730. The molecule has 0 fully saturated rings. The molecule has 0 aliphatic heterocycles. The second kappa shape index (κ2) is 5.07. The summed E-state index contributed by atoms with van der Waals surface area (Å²) >= 11 is 9.51. The van der Waals surface area contributed by atoms with Crippen LogP contribution in [0.1, 0.15) is 12.5 Å². The first-order valence-corrected chi connectivity index (χ1v) is 6.47. The Balaban J connectivity index is 2.64. The predicted molar refractivity (Wildman–Crippen MR) is 79.3 cm³/mol. The van der Waals surface area contributed by atoms with Crippen LogP contribution in [0.15, 0.2) is 53.5 Å². The molecule has 0 bridgehead atoms. The molecule has 0 saturated heterocycles. The molecule has 0 saturated carbocycles. The molecule has 2 aromatic carbocycles. The van der Waals surface area contributed by atoms with Crippen molar-refractivity contribution < 1.29 is 0 Å². The highest BCUT2D eigenvalue weighted by Gasteiger charge is 2.08. The van der Waals surface area contributed by atoms with E-state index in [4.69, 9.17) is 11.6 Å². The lowest BCUT2D eigenvalue weighted by Crippen LogP contribution is -1.87. The number of halogens is 2. The molecule has 0 unspecified atom stereocenters. The van der Waals surface area contributed by atoms with E-state index in [9.17, 15) is 0 Å². The summed E-state index contributed by atoms with van der Waals surface area (Å²) in [6, 6.07) is 14.1. The van der Waals surface area contributed by atoms with Crippen LogP contribution in [0, 0.1) is 0 Å². The van der Waals surface area contributed by atoms with E-state index < -0.39 is 0 Å². The Morgan fingerprint density at radius 2 is 1.82 bits per heavy atom. The molecule has 2 heteroatoms. The van der Waals surface area contributed by atoms with Crippen LogP contribution in [0.3, 0.4) is 0 Å². The van der Waals surface area contributed by atoms with Gasteiger partial charge in [0.1, 0.15) is 0 Å². The van der Waals surface area contributed by atoms with Crippen molar-refractivity contribution >= 4 is 33.1 Å². The van der Waals surface area contributed by atoms with Gasteiger partial charge in [-0.3, -0.25) is 0 Å². The van der Waals surface area contributed by atoms with E-state index in [-0.39, 0.29) is 0 Å². The summed E-state index contributed by atoms with van der Waals surface area (Å²) in [4.78, 5) is 0. The highest BCUT2D eigenvalue weighted by molar-refractivity contribution is 9.10.